The second-order valence-corrected chi connectivity index (χ2v) is 4.60. The Hall–Kier alpha value is -2.07. The molecule has 0 aliphatic rings. The Bertz CT molecular complexity index is 562. The maximum atomic E-state index is 5.34. The van der Waals surface area contributed by atoms with Crippen molar-refractivity contribution in [3.63, 3.8) is 0 Å². The molecule has 1 atom stereocenters. The van der Waals surface area contributed by atoms with Gasteiger partial charge in [-0.1, -0.05) is 0 Å². The molecule has 1 unspecified atom stereocenters. The van der Waals surface area contributed by atoms with Gasteiger partial charge < -0.3 is 14.8 Å². The highest BCUT2D eigenvalue weighted by Crippen LogP contribution is 2.30. The van der Waals surface area contributed by atoms with Crippen LogP contribution in [0, 0.1) is 6.92 Å². The summed E-state index contributed by atoms with van der Waals surface area (Å²) < 4.78 is 10.7. The van der Waals surface area contributed by atoms with E-state index >= 15 is 0 Å². The van der Waals surface area contributed by atoms with Crippen LogP contribution >= 0.6 is 0 Å². The van der Waals surface area contributed by atoms with Gasteiger partial charge in [0.25, 0.3) is 0 Å². The van der Waals surface area contributed by atoms with E-state index in [2.05, 4.69) is 17.2 Å². The van der Waals surface area contributed by atoms with Crippen LogP contribution in [0.1, 0.15) is 22.7 Å². The zero-order valence-corrected chi connectivity index (χ0v) is 12.3. The molecule has 0 saturated carbocycles. The molecule has 0 spiro atoms. The minimum Gasteiger partial charge on any atom is -0.497 e. The first-order chi connectivity index (χ1) is 9.69. The average Bonchev–Trinajstić information content (AvgIpc) is 2.49. The fourth-order valence-corrected chi connectivity index (χ4v) is 2.31. The van der Waals surface area contributed by atoms with Crippen molar-refractivity contribution < 1.29 is 9.47 Å². The fraction of sp³-hybridized carbons (Fsp3) is 0.312. The van der Waals surface area contributed by atoms with Gasteiger partial charge in [0.05, 0.1) is 20.3 Å². The van der Waals surface area contributed by atoms with Gasteiger partial charge in [-0.3, -0.25) is 4.98 Å². The van der Waals surface area contributed by atoms with Crippen LogP contribution < -0.4 is 14.8 Å². The van der Waals surface area contributed by atoms with E-state index in [1.54, 1.807) is 14.2 Å². The SMILES string of the molecule is CNC(c1cc(OC)cc(OC)c1)c1ccncc1C. The highest BCUT2D eigenvalue weighted by molar-refractivity contribution is 5.44. The van der Waals surface area contributed by atoms with Crippen molar-refractivity contribution >= 4 is 0 Å². The molecule has 0 saturated heterocycles. The quantitative estimate of drug-likeness (QED) is 0.909. The van der Waals surface area contributed by atoms with Gasteiger partial charge in [0.2, 0.25) is 0 Å². The molecule has 106 valence electrons. The zero-order chi connectivity index (χ0) is 14.5. The Morgan fingerprint density at radius 2 is 1.75 bits per heavy atom. The van der Waals surface area contributed by atoms with Gasteiger partial charge in [-0.25, -0.2) is 0 Å². The first-order valence-electron chi connectivity index (χ1n) is 6.50. The molecule has 4 heteroatoms. The smallest absolute Gasteiger partial charge is 0.122 e. The predicted octanol–water partition coefficient (Wildman–Crippen LogP) is 2.72. The maximum absolute atomic E-state index is 5.34. The number of benzene rings is 1. The minimum absolute atomic E-state index is 0.0713. The molecule has 0 fully saturated rings. The summed E-state index contributed by atoms with van der Waals surface area (Å²) >= 11 is 0. The van der Waals surface area contributed by atoms with Crippen molar-refractivity contribution in [2.45, 2.75) is 13.0 Å². The standard InChI is InChI=1S/C16H20N2O2/c1-11-10-18-6-5-15(11)16(17-2)12-7-13(19-3)9-14(8-12)20-4/h5-10,16-17H,1-4H3. The lowest BCUT2D eigenvalue weighted by atomic mass is 9.96. The summed E-state index contributed by atoms with van der Waals surface area (Å²) in [5.41, 5.74) is 3.43. The Kier molecular flexibility index (Phi) is 4.58. The molecule has 1 heterocycles. The number of hydrogen-bond acceptors (Lipinski definition) is 4. The van der Waals surface area contributed by atoms with Crippen molar-refractivity contribution in [2.75, 3.05) is 21.3 Å². The topological polar surface area (TPSA) is 43.4 Å². The monoisotopic (exact) mass is 272 g/mol. The van der Waals surface area contributed by atoms with E-state index in [9.17, 15) is 0 Å². The molecule has 0 aliphatic carbocycles. The minimum atomic E-state index is 0.0713. The Labute approximate surface area is 119 Å². The first-order valence-corrected chi connectivity index (χ1v) is 6.50. The summed E-state index contributed by atoms with van der Waals surface area (Å²) in [6.07, 6.45) is 3.68. The van der Waals surface area contributed by atoms with E-state index in [0.29, 0.717) is 0 Å². The molecule has 0 aliphatic heterocycles. The molecule has 2 aromatic rings. The van der Waals surface area contributed by atoms with Crippen molar-refractivity contribution in [3.05, 3.63) is 53.3 Å². The molecule has 1 aromatic carbocycles. The van der Waals surface area contributed by atoms with Crippen molar-refractivity contribution in [1.82, 2.24) is 10.3 Å². The molecule has 1 N–H and O–H groups in total. The van der Waals surface area contributed by atoms with Crippen LogP contribution in [0.15, 0.2) is 36.7 Å². The number of rotatable bonds is 5. The third kappa shape index (κ3) is 2.91. The van der Waals surface area contributed by atoms with Gasteiger partial charge in [0, 0.05) is 18.5 Å². The normalized spacial score (nSPS) is 12.0. The fourth-order valence-electron chi connectivity index (χ4n) is 2.31. The summed E-state index contributed by atoms with van der Waals surface area (Å²) in [6.45, 7) is 2.06. The number of aromatic nitrogens is 1. The van der Waals surface area contributed by atoms with E-state index < -0.39 is 0 Å². The Morgan fingerprint density at radius 3 is 2.25 bits per heavy atom. The summed E-state index contributed by atoms with van der Waals surface area (Å²) in [4.78, 5) is 4.15. The van der Waals surface area contributed by atoms with E-state index in [1.807, 2.05) is 43.7 Å². The van der Waals surface area contributed by atoms with Crippen LogP contribution in [-0.4, -0.2) is 26.3 Å². The number of methoxy groups -OCH3 is 2. The van der Waals surface area contributed by atoms with E-state index in [4.69, 9.17) is 9.47 Å². The molecule has 4 nitrogen and oxygen atoms in total. The van der Waals surface area contributed by atoms with Crippen molar-refractivity contribution in [3.8, 4) is 11.5 Å². The molecular weight excluding hydrogens is 252 g/mol. The maximum Gasteiger partial charge on any atom is 0.122 e. The van der Waals surface area contributed by atoms with Crippen LogP contribution in [-0.2, 0) is 0 Å². The molecular formula is C16H20N2O2. The molecule has 2 rings (SSSR count). The van der Waals surface area contributed by atoms with E-state index in [0.717, 1.165) is 22.6 Å². The molecule has 0 bridgehead atoms. The van der Waals surface area contributed by atoms with E-state index in [-0.39, 0.29) is 6.04 Å². The third-order valence-corrected chi connectivity index (χ3v) is 3.37. The van der Waals surface area contributed by atoms with Gasteiger partial charge in [-0.2, -0.15) is 0 Å². The number of nitrogens with zero attached hydrogens (tertiary/aromatic N) is 1. The number of hydrogen-bond donors (Lipinski definition) is 1. The lowest BCUT2D eigenvalue weighted by Gasteiger charge is -2.20. The summed E-state index contributed by atoms with van der Waals surface area (Å²) in [7, 11) is 5.26. The van der Waals surface area contributed by atoms with Gasteiger partial charge in [-0.15, -0.1) is 0 Å². The lowest BCUT2D eigenvalue weighted by molar-refractivity contribution is 0.392. The van der Waals surface area contributed by atoms with Crippen molar-refractivity contribution in [1.29, 1.82) is 0 Å². The van der Waals surface area contributed by atoms with Gasteiger partial charge >= 0.3 is 0 Å². The summed E-state index contributed by atoms with van der Waals surface area (Å²) in [6, 6.07) is 8.01. The second-order valence-electron chi connectivity index (χ2n) is 4.60. The second kappa shape index (κ2) is 6.39. The number of pyridine rings is 1. The molecule has 0 radical (unpaired) electrons. The Balaban J connectivity index is 2.49. The zero-order valence-electron chi connectivity index (χ0n) is 12.3. The van der Waals surface area contributed by atoms with E-state index in [1.165, 1.54) is 5.56 Å². The number of ether oxygens (including phenoxy) is 2. The summed E-state index contributed by atoms with van der Waals surface area (Å²) in [5.74, 6) is 1.57. The van der Waals surface area contributed by atoms with Crippen LogP contribution in [0.3, 0.4) is 0 Å². The molecule has 1 aromatic heterocycles. The number of aryl methyl sites for hydroxylation is 1. The Morgan fingerprint density at radius 1 is 1.10 bits per heavy atom. The van der Waals surface area contributed by atoms with Crippen LogP contribution in [0.4, 0.5) is 0 Å². The average molecular weight is 272 g/mol. The predicted molar refractivity (Wildman–Crippen MR) is 79.4 cm³/mol. The lowest BCUT2D eigenvalue weighted by Crippen LogP contribution is -2.19. The molecule has 20 heavy (non-hydrogen) atoms. The highest BCUT2D eigenvalue weighted by atomic mass is 16.5. The van der Waals surface area contributed by atoms with Gasteiger partial charge in [0.15, 0.2) is 0 Å². The number of nitrogens with one attached hydrogen (secondary N) is 1. The van der Waals surface area contributed by atoms with Gasteiger partial charge in [-0.05, 0) is 48.9 Å². The van der Waals surface area contributed by atoms with Crippen molar-refractivity contribution in [2.24, 2.45) is 0 Å². The first kappa shape index (κ1) is 14.3. The van der Waals surface area contributed by atoms with Crippen LogP contribution in [0.25, 0.3) is 0 Å². The third-order valence-electron chi connectivity index (χ3n) is 3.37. The largest absolute Gasteiger partial charge is 0.497 e. The summed E-state index contributed by atoms with van der Waals surface area (Å²) in [5, 5.41) is 3.34. The molecule has 0 amide bonds. The van der Waals surface area contributed by atoms with Gasteiger partial charge in [0.1, 0.15) is 11.5 Å². The van der Waals surface area contributed by atoms with Crippen LogP contribution in [0.2, 0.25) is 0 Å². The highest BCUT2D eigenvalue weighted by Gasteiger charge is 2.16. The van der Waals surface area contributed by atoms with Crippen LogP contribution in [0.5, 0.6) is 11.5 Å².